The van der Waals surface area contributed by atoms with Crippen molar-refractivity contribution >= 4 is 23.2 Å². The van der Waals surface area contributed by atoms with Gasteiger partial charge in [0.25, 0.3) is 0 Å². The molecule has 0 saturated carbocycles. The zero-order chi connectivity index (χ0) is 12.5. The van der Waals surface area contributed by atoms with Crippen LogP contribution in [0.15, 0.2) is 12.1 Å². The van der Waals surface area contributed by atoms with Crippen molar-refractivity contribution in [3.05, 3.63) is 28.0 Å². The number of aromatic nitrogens is 1. The first-order valence-corrected chi connectivity index (χ1v) is 7.25. The summed E-state index contributed by atoms with van der Waals surface area (Å²) in [7, 11) is 0. The van der Waals surface area contributed by atoms with E-state index in [1.807, 2.05) is 12.1 Å². The third-order valence-corrected chi connectivity index (χ3v) is 4.43. The van der Waals surface area contributed by atoms with Crippen LogP contribution in [0.1, 0.15) is 24.8 Å². The highest BCUT2D eigenvalue weighted by Crippen LogP contribution is 2.23. The van der Waals surface area contributed by atoms with Gasteiger partial charge in [-0.25, -0.2) is 4.98 Å². The van der Waals surface area contributed by atoms with Gasteiger partial charge in [0, 0.05) is 37.3 Å². The van der Waals surface area contributed by atoms with Gasteiger partial charge in [-0.05, 0) is 25.3 Å². The summed E-state index contributed by atoms with van der Waals surface area (Å²) in [6.45, 7) is 3.11. The van der Waals surface area contributed by atoms with Gasteiger partial charge in [-0.2, -0.15) is 0 Å². The average Bonchev–Trinajstić information content (AvgIpc) is 2.66. The molecule has 0 amide bonds. The van der Waals surface area contributed by atoms with Gasteiger partial charge < -0.3 is 5.32 Å². The summed E-state index contributed by atoms with van der Waals surface area (Å²) < 4.78 is 0. The van der Waals surface area contributed by atoms with Gasteiger partial charge in [-0.1, -0.05) is 29.3 Å². The monoisotopic (exact) mass is 285 g/mol. The number of fused-ring (bicyclic) bond motifs is 2. The Morgan fingerprint density at radius 3 is 2.89 bits per heavy atom. The Kier molecular flexibility index (Phi) is 3.76. The molecule has 2 bridgehead atoms. The quantitative estimate of drug-likeness (QED) is 0.847. The molecular weight excluding hydrogens is 269 g/mol. The van der Waals surface area contributed by atoms with Gasteiger partial charge >= 0.3 is 0 Å². The molecular formula is C13H17Cl2N3. The van der Waals surface area contributed by atoms with E-state index in [-0.39, 0.29) is 0 Å². The van der Waals surface area contributed by atoms with E-state index in [2.05, 4.69) is 15.2 Å². The minimum absolute atomic E-state index is 0.459. The summed E-state index contributed by atoms with van der Waals surface area (Å²) in [6.07, 6.45) is 3.87. The first-order chi connectivity index (χ1) is 8.70. The lowest BCUT2D eigenvalue weighted by Crippen LogP contribution is -2.35. The maximum Gasteiger partial charge on any atom is 0.135 e. The number of nitrogens with zero attached hydrogens (tertiary/aromatic N) is 2. The van der Waals surface area contributed by atoms with E-state index in [9.17, 15) is 0 Å². The van der Waals surface area contributed by atoms with Crippen LogP contribution in [0.25, 0.3) is 0 Å². The summed E-state index contributed by atoms with van der Waals surface area (Å²) >= 11 is 11.9. The van der Waals surface area contributed by atoms with E-state index in [0.717, 1.165) is 31.2 Å². The van der Waals surface area contributed by atoms with Crippen molar-refractivity contribution < 1.29 is 0 Å². The maximum absolute atomic E-state index is 6.13. The Balaban J connectivity index is 1.68. The van der Waals surface area contributed by atoms with E-state index in [1.165, 1.54) is 19.3 Å². The minimum Gasteiger partial charge on any atom is -0.310 e. The minimum atomic E-state index is 0.459. The molecule has 2 unspecified atom stereocenters. The zero-order valence-electron chi connectivity index (χ0n) is 10.2. The third-order valence-electron chi connectivity index (χ3n) is 3.89. The second-order valence-electron chi connectivity index (χ2n) is 5.25. The van der Waals surface area contributed by atoms with Crippen LogP contribution in [-0.4, -0.2) is 35.1 Å². The lowest BCUT2D eigenvalue weighted by atomic mass is 10.1. The Labute approximate surface area is 117 Å². The highest BCUT2D eigenvalue weighted by atomic mass is 35.5. The summed E-state index contributed by atoms with van der Waals surface area (Å²) in [6, 6.07) is 5.16. The van der Waals surface area contributed by atoms with Crippen LogP contribution >= 0.6 is 23.2 Å². The summed E-state index contributed by atoms with van der Waals surface area (Å²) in [5, 5.41) is 4.67. The Morgan fingerprint density at radius 2 is 2.06 bits per heavy atom. The van der Waals surface area contributed by atoms with Crippen LogP contribution in [0.4, 0.5) is 0 Å². The molecule has 1 N–H and O–H groups in total. The van der Waals surface area contributed by atoms with Crippen LogP contribution < -0.4 is 5.32 Å². The molecule has 2 fully saturated rings. The smallest absolute Gasteiger partial charge is 0.135 e. The zero-order valence-corrected chi connectivity index (χ0v) is 11.7. The summed E-state index contributed by atoms with van der Waals surface area (Å²) in [4.78, 5) is 6.56. The number of rotatable bonds is 2. The van der Waals surface area contributed by atoms with Gasteiger partial charge in [-0.3, -0.25) is 4.90 Å². The lowest BCUT2D eigenvalue weighted by Gasteiger charge is -2.24. The fourth-order valence-corrected chi connectivity index (χ4v) is 3.36. The largest absolute Gasteiger partial charge is 0.310 e. The van der Waals surface area contributed by atoms with Gasteiger partial charge in [0.2, 0.25) is 0 Å². The predicted octanol–water partition coefficient (Wildman–Crippen LogP) is 2.71. The van der Waals surface area contributed by atoms with Crippen molar-refractivity contribution in [1.29, 1.82) is 0 Å². The highest BCUT2D eigenvalue weighted by Gasteiger charge is 2.29. The number of hydrogen-bond donors (Lipinski definition) is 1. The molecule has 3 rings (SSSR count). The number of nitrogens with one attached hydrogen (secondary N) is 1. The van der Waals surface area contributed by atoms with E-state index < -0.39 is 0 Å². The van der Waals surface area contributed by atoms with Crippen LogP contribution in [0.2, 0.25) is 10.3 Å². The van der Waals surface area contributed by atoms with E-state index >= 15 is 0 Å². The van der Waals surface area contributed by atoms with Crippen molar-refractivity contribution in [2.75, 3.05) is 13.1 Å². The van der Waals surface area contributed by atoms with E-state index in [1.54, 1.807) is 0 Å². The third kappa shape index (κ3) is 2.80. The first kappa shape index (κ1) is 12.7. The Morgan fingerprint density at radius 1 is 1.22 bits per heavy atom. The Bertz CT molecular complexity index is 438. The molecule has 98 valence electrons. The van der Waals surface area contributed by atoms with Crippen LogP contribution in [0.3, 0.4) is 0 Å². The standard InChI is InChI=1S/C13H17Cl2N3/c14-12-4-1-9(13(15)17-12)7-18-6-5-10-2-3-11(8-18)16-10/h1,4,10-11,16H,2-3,5-8H2. The number of pyridine rings is 1. The van der Waals surface area contributed by atoms with Crippen molar-refractivity contribution in [3.8, 4) is 0 Å². The topological polar surface area (TPSA) is 28.2 Å². The highest BCUT2D eigenvalue weighted by molar-refractivity contribution is 6.32. The molecule has 1 aromatic rings. The SMILES string of the molecule is Clc1ccc(CN2CCC3CCC(C2)N3)c(Cl)n1. The van der Waals surface area contributed by atoms with E-state index in [4.69, 9.17) is 23.2 Å². The molecule has 1 aromatic heterocycles. The van der Waals surface area contributed by atoms with Gasteiger partial charge in [-0.15, -0.1) is 0 Å². The fraction of sp³-hybridized carbons (Fsp3) is 0.615. The lowest BCUT2D eigenvalue weighted by molar-refractivity contribution is 0.251. The molecule has 2 saturated heterocycles. The molecule has 0 aromatic carbocycles. The van der Waals surface area contributed by atoms with E-state index in [0.29, 0.717) is 16.3 Å². The molecule has 3 heterocycles. The van der Waals surface area contributed by atoms with Crippen molar-refractivity contribution in [1.82, 2.24) is 15.2 Å². The predicted molar refractivity (Wildman–Crippen MR) is 74.1 cm³/mol. The molecule has 18 heavy (non-hydrogen) atoms. The molecule has 5 heteroatoms. The fourth-order valence-electron chi connectivity index (χ4n) is 2.96. The molecule has 0 spiro atoms. The number of hydrogen-bond acceptors (Lipinski definition) is 3. The van der Waals surface area contributed by atoms with Crippen molar-refractivity contribution in [2.24, 2.45) is 0 Å². The normalized spacial score (nSPS) is 28.3. The number of likely N-dealkylation sites (tertiary alicyclic amines) is 1. The van der Waals surface area contributed by atoms with Gasteiger partial charge in [0.05, 0.1) is 0 Å². The molecule has 2 aliphatic heterocycles. The Hall–Kier alpha value is -0.350. The summed E-state index contributed by atoms with van der Waals surface area (Å²) in [5.74, 6) is 0. The molecule has 3 nitrogen and oxygen atoms in total. The summed E-state index contributed by atoms with van der Waals surface area (Å²) in [5.41, 5.74) is 1.07. The van der Waals surface area contributed by atoms with Crippen LogP contribution in [-0.2, 0) is 6.54 Å². The second kappa shape index (κ2) is 5.33. The van der Waals surface area contributed by atoms with Gasteiger partial charge in [0.15, 0.2) is 0 Å². The van der Waals surface area contributed by atoms with Crippen LogP contribution in [0, 0.1) is 0 Å². The average molecular weight is 286 g/mol. The van der Waals surface area contributed by atoms with Crippen molar-refractivity contribution in [2.45, 2.75) is 37.9 Å². The molecule has 2 aliphatic rings. The maximum atomic E-state index is 6.13. The number of halogens is 2. The molecule has 0 radical (unpaired) electrons. The van der Waals surface area contributed by atoms with Crippen molar-refractivity contribution in [3.63, 3.8) is 0 Å². The second-order valence-corrected chi connectivity index (χ2v) is 5.99. The molecule has 0 aliphatic carbocycles. The van der Waals surface area contributed by atoms with Crippen LogP contribution in [0.5, 0.6) is 0 Å². The van der Waals surface area contributed by atoms with Gasteiger partial charge in [0.1, 0.15) is 10.3 Å². The molecule has 2 atom stereocenters. The first-order valence-electron chi connectivity index (χ1n) is 6.50.